The molecule has 0 heterocycles. The Morgan fingerprint density at radius 3 is 2.71 bits per heavy atom. The van der Waals surface area contributed by atoms with Crippen LogP contribution in [0.2, 0.25) is 0 Å². The fraction of sp³-hybridized carbons (Fsp3) is 0.538. The number of nitrogen functional groups attached to an aromatic ring is 1. The molecule has 1 aliphatic rings. The third kappa shape index (κ3) is 4.15. The lowest BCUT2D eigenvalue weighted by molar-refractivity contribution is 0.282. The number of rotatable bonds is 7. The van der Waals surface area contributed by atoms with Gasteiger partial charge < -0.3 is 5.73 Å². The maximum atomic E-state index is 13.8. The van der Waals surface area contributed by atoms with Gasteiger partial charge in [-0.3, -0.25) is 4.90 Å². The molecule has 0 unspecified atom stereocenters. The number of hydrogen-bond donors (Lipinski definition) is 2. The van der Waals surface area contributed by atoms with Gasteiger partial charge in [-0.05, 0) is 47.4 Å². The summed E-state index contributed by atoms with van der Waals surface area (Å²) in [5, 5.41) is 0. The van der Waals surface area contributed by atoms with E-state index in [1.807, 2.05) is 6.92 Å². The van der Waals surface area contributed by atoms with E-state index in [0.717, 1.165) is 18.7 Å². The van der Waals surface area contributed by atoms with Gasteiger partial charge in [-0.1, -0.05) is 6.92 Å². The van der Waals surface area contributed by atoms with Crippen LogP contribution in [0.25, 0.3) is 0 Å². The molecule has 1 fully saturated rings. The summed E-state index contributed by atoms with van der Waals surface area (Å²) in [4.78, 5) is 1.80. The molecule has 0 atom stereocenters. The van der Waals surface area contributed by atoms with Crippen molar-refractivity contribution in [2.24, 2.45) is 0 Å². The van der Waals surface area contributed by atoms with Crippen molar-refractivity contribution in [1.29, 1.82) is 0 Å². The molecule has 8 heteroatoms. The number of hydrogen-bond acceptors (Lipinski definition) is 4. The first-order chi connectivity index (χ1) is 9.85. The van der Waals surface area contributed by atoms with Crippen LogP contribution in [0.3, 0.4) is 0 Å². The van der Waals surface area contributed by atoms with Crippen molar-refractivity contribution in [3.8, 4) is 0 Å². The van der Waals surface area contributed by atoms with Crippen molar-refractivity contribution in [1.82, 2.24) is 9.62 Å². The Kier molecular flexibility index (Phi) is 5.24. The molecular formula is C13H19BrFN3O2S. The summed E-state index contributed by atoms with van der Waals surface area (Å²) in [7, 11) is -3.89. The topological polar surface area (TPSA) is 75.4 Å². The second kappa shape index (κ2) is 6.60. The van der Waals surface area contributed by atoms with Crippen molar-refractivity contribution >= 4 is 31.6 Å². The molecule has 0 bridgehead atoms. The van der Waals surface area contributed by atoms with Crippen LogP contribution in [0.4, 0.5) is 10.1 Å². The largest absolute Gasteiger partial charge is 0.398 e. The average Bonchev–Trinajstić information content (AvgIpc) is 3.23. The molecule has 2 rings (SSSR count). The molecule has 0 aliphatic heterocycles. The quantitative estimate of drug-likeness (QED) is 0.709. The first-order valence-corrected chi connectivity index (χ1v) is 9.11. The average molecular weight is 380 g/mol. The van der Waals surface area contributed by atoms with E-state index in [1.165, 1.54) is 12.8 Å². The van der Waals surface area contributed by atoms with Crippen LogP contribution in [-0.2, 0) is 10.0 Å². The van der Waals surface area contributed by atoms with E-state index >= 15 is 0 Å². The third-order valence-corrected chi connectivity index (χ3v) is 5.66. The van der Waals surface area contributed by atoms with Crippen molar-refractivity contribution in [3.63, 3.8) is 0 Å². The molecule has 0 saturated heterocycles. The molecule has 1 aliphatic carbocycles. The molecule has 1 aromatic rings. The number of halogens is 2. The van der Waals surface area contributed by atoms with E-state index in [-0.39, 0.29) is 12.2 Å². The Morgan fingerprint density at radius 2 is 2.14 bits per heavy atom. The Labute approximate surface area is 132 Å². The van der Waals surface area contributed by atoms with Gasteiger partial charge in [0.2, 0.25) is 10.0 Å². The van der Waals surface area contributed by atoms with E-state index in [0.29, 0.717) is 17.1 Å². The number of benzene rings is 1. The van der Waals surface area contributed by atoms with Gasteiger partial charge in [0.05, 0.1) is 0 Å². The molecule has 118 valence electrons. The fourth-order valence-electron chi connectivity index (χ4n) is 2.19. The van der Waals surface area contributed by atoms with Gasteiger partial charge in [0, 0.05) is 29.3 Å². The van der Waals surface area contributed by atoms with Gasteiger partial charge in [-0.2, -0.15) is 0 Å². The van der Waals surface area contributed by atoms with Gasteiger partial charge in [0.25, 0.3) is 0 Å². The van der Waals surface area contributed by atoms with E-state index < -0.39 is 20.7 Å². The number of likely N-dealkylation sites (N-methyl/N-ethyl adjacent to an activating group) is 1. The summed E-state index contributed by atoms with van der Waals surface area (Å²) in [5.74, 6) is -0.821. The second-order valence-corrected chi connectivity index (χ2v) is 7.65. The van der Waals surface area contributed by atoms with Crippen molar-refractivity contribution < 1.29 is 12.8 Å². The second-order valence-electron chi connectivity index (χ2n) is 5.06. The van der Waals surface area contributed by atoms with Crippen LogP contribution in [0, 0.1) is 5.82 Å². The van der Waals surface area contributed by atoms with Crippen molar-refractivity contribution in [2.75, 3.05) is 25.4 Å². The minimum Gasteiger partial charge on any atom is -0.398 e. The van der Waals surface area contributed by atoms with Gasteiger partial charge in [0.1, 0.15) is 10.7 Å². The van der Waals surface area contributed by atoms with Crippen LogP contribution < -0.4 is 10.5 Å². The smallest absolute Gasteiger partial charge is 0.243 e. The van der Waals surface area contributed by atoms with Crippen LogP contribution in [0.1, 0.15) is 19.8 Å². The summed E-state index contributed by atoms with van der Waals surface area (Å²) in [5.41, 5.74) is 5.80. The number of anilines is 1. The lowest BCUT2D eigenvalue weighted by Gasteiger charge is -2.19. The Bertz CT molecular complexity index is 620. The number of nitrogens with zero attached hydrogens (tertiary/aromatic N) is 1. The monoisotopic (exact) mass is 379 g/mol. The highest BCUT2D eigenvalue weighted by molar-refractivity contribution is 9.10. The standard InChI is InChI=1S/C13H19BrFN3O2S/c1-2-18(9-3-4-9)6-5-17-21(19,20)13-8-12(16)10(14)7-11(13)15/h7-9,17H,2-6,16H2,1H3. The van der Waals surface area contributed by atoms with E-state index in [4.69, 9.17) is 5.73 Å². The van der Waals surface area contributed by atoms with Gasteiger partial charge in [0.15, 0.2) is 0 Å². The summed E-state index contributed by atoms with van der Waals surface area (Å²) in [6.07, 6.45) is 2.33. The normalized spacial score (nSPS) is 15.6. The molecule has 0 aromatic heterocycles. The Balaban J connectivity index is 2.03. The predicted octanol–water partition coefficient (Wildman–Crippen LogP) is 1.93. The van der Waals surface area contributed by atoms with E-state index in [9.17, 15) is 12.8 Å². The SMILES string of the molecule is CCN(CCNS(=O)(=O)c1cc(N)c(Br)cc1F)C1CC1. The molecule has 5 nitrogen and oxygen atoms in total. The zero-order valence-electron chi connectivity index (χ0n) is 11.8. The summed E-state index contributed by atoms with van der Waals surface area (Å²) in [6, 6.07) is 2.76. The molecule has 0 amide bonds. The lowest BCUT2D eigenvalue weighted by atomic mass is 10.3. The molecule has 0 radical (unpaired) electrons. The van der Waals surface area contributed by atoms with Crippen LogP contribution in [0.5, 0.6) is 0 Å². The van der Waals surface area contributed by atoms with Crippen LogP contribution in [-0.4, -0.2) is 39.0 Å². The van der Waals surface area contributed by atoms with E-state index in [1.54, 1.807) is 0 Å². The van der Waals surface area contributed by atoms with Gasteiger partial charge in [-0.15, -0.1) is 0 Å². The summed E-state index contributed by atoms with van der Waals surface area (Å²) < 4.78 is 40.8. The zero-order valence-corrected chi connectivity index (χ0v) is 14.2. The van der Waals surface area contributed by atoms with Crippen molar-refractivity contribution in [3.05, 3.63) is 22.4 Å². The predicted molar refractivity (Wildman–Crippen MR) is 84.0 cm³/mol. The minimum atomic E-state index is -3.89. The van der Waals surface area contributed by atoms with Gasteiger partial charge in [-0.25, -0.2) is 17.5 Å². The van der Waals surface area contributed by atoms with Crippen LogP contribution in [0.15, 0.2) is 21.5 Å². The minimum absolute atomic E-state index is 0.185. The molecule has 0 spiro atoms. The first-order valence-electron chi connectivity index (χ1n) is 6.83. The molecule has 1 aromatic carbocycles. The highest BCUT2D eigenvalue weighted by Gasteiger charge is 2.28. The number of sulfonamides is 1. The fourth-order valence-corrected chi connectivity index (χ4v) is 3.62. The first kappa shape index (κ1) is 16.7. The molecule has 21 heavy (non-hydrogen) atoms. The van der Waals surface area contributed by atoms with Gasteiger partial charge >= 0.3 is 0 Å². The van der Waals surface area contributed by atoms with Crippen molar-refractivity contribution in [2.45, 2.75) is 30.7 Å². The molecule has 1 saturated carbocycles. The molecule has 3 N–H and O–H groups in total. The third-order valence-electron chi connectivity index (χ3n) is 3.50. The maximum Gasteiger partial charge on any atom is 0.243 e. The maximum absolute atomic E-state index is 13.8. The lowest BCUT2D eigenvalue weighted by Crippen LogP contribution is -2.36. The number of nitrogens with one attached hydrogen (secondary N) is 1. The molecular weight excluding hydrogens is 361 g/mol. The highest BCUT2D eigenvalue weighted by atomic mass is 79.9. The summed E-state index contributed by atoms with van der Waals surface area (Å²) in [6.45, 7) is 3.80. The summed E-state index contributed by atoms with van der Waals surface area (Å²) >= 11 is 3.06. The van der Waals surface area contributed by atoms with Crippen LogP contribution >= 0.6 is 15.9 Å². The Hall–Kier alpha value is -0.700. The zero-order chi connectivity index (χ0) is 15.6. The number of nitrogens with two attached hydrogens (primary N) is 1. The Morgan fingerprint density at radius 1 is 1.48 bits per heavy atom. The van der Waals surface area contributed by atoms with E-state index in [2.05, 4.69) is 25.6 Å². The highest BCUT2D eigenvalue weighted by Crippen LogP contribution is 2.27.